The third kappa shape index (κ3) is 2.92. The Labute approximate surface area is 80.5 Å². The van der Waals surface area contributed by atoms with Gasteiger partial charge in [-0.05, 0) is 26.9 Å². The van der Waals surface area contributed by atoms with Crippen molar-refractivity contribution in [1.82, 2.24) is 9.80 Å². The molecule has 0 saturated carbocycles. The van der Waals surface area contributed by atoms with Crippen molar-refractivity contribution in [2.75, 3.05) is 39.1 Å². The van der Waals surface area contributed by atoms with Crippen LogP contribution in [0.25, 0.3) is 0 Å². The van der Waals surface area contributed by atoms with Gasteiger partial charge in [-0.2, -0.15) is 0 Å². The van der Waals surface area contributed by atoms with E-state index in [-0.39, 0.29) is 0 Å². The summed E-state index contributed by atoms with van der Waals surface area (Å²) >= 11 is 5.66. The molecule has 0 bridgehead atoms. The Morgan fingerprint density at radius 3 is 2.75 bits per heavy atom. The first-order valence-corrected chi connectivity index (χ1v) is 5.26. The van der Waals surface area contributed by atoms with Crippen LogP contribution in [0.4, 0.5) is 0 Å². The molecule has 1 fully saturated rings. The van der Waals surface area contributed by atoms with Crippen LogP contribution in [0.2, 0.25) is 0 Å². The second kappa shape index (κ2) is 5.05. The number of piperazine rings is 1. The Morgan fingerprint density at radius 2 is 2.17 bits per heavy atom. The molecular weight excluding hydrogens is 172 g/mol. The topological polar surface area (TPSA) is 6.48 Å². The van der Waals surface area contributed by atoms with Crippen LogP contribution in [0.5, 0.6) is 0 Å². The van der Waals surface area contributed by atoms with Crippen molar-refractivity contribution in [3.05, 3.63) is 0 Å². The number of rotatable bonds is 3. The highest BCUT2D eigenvalue weighted by molar-refractivity contribution is 6.17. The van der Waals surface area contributed by atoms with Crippen molar-refractivity contribution in [3.8, 4) is 0 Å². The van der Waals surface area contributed by atoms with Gasteiger partial charge in [0.2, 0.25) is 0 Å². The molecule has 1 atom stereocenters. The number of nitrogens with zero attached hydrogens (tertiary/aromatic N) is 2. The minimum atomic E-state index is 0.701. The van der Waals surface area contributed by atoms with Crippen LogP contribution in [0.15, 0.2) is 0 Å². The fourth-order valence-electron chi connectivity index (χ4n) is 1.77. The number of alkyl halides is 1. The highest BCUT2D eigenvalue weighted by Crippen LogP contribution is 2.08. The molecule has 12 heavy (non-hydrogen) atoms. The molecule has 0 amide bonds. The standard InChI is InChI=1S/C9H19ClN2/c1-9-8-11(2)6-7-12(9)5-3-4-10/h9H,3-8H2,1-2H3/t9-/m0/s1. The summed E-state index contributed by atoms with van der Waals surface area (Å²) in [5.74, 6) is 0.791. The van der Waals surface area contributed by atoms with Crippen molar-refractivity contribution in [1.29, 1.82) is 0 Å². The Hall–Kier alpha value is 0.210. The first kappa shape index (κ1) is 10.3. The van der Waals surface area contributed by atoms with E-state index in [9.17, 15) is 0 Å². The minimum Gasteiger partial charge on any atom is -0.304 e. The van der Waals surface area contributed by atoms with Gasteiger partial charge in [-0.1, -0.05) is 0 Å². The quantitative estimate of drug-likeness (QED) is 0.619. The fraction of sp³-hybridized carbons (Fsp3) is 1.00. The molecule has 0 N–H and O–H groups in total. The number of likely N-dealkylation sites (N-methyl/N-ethyl adjacent to an activating group) is 1. The lowest BCUT2D eigenvalue weighted by Gasteiger charge is -2.38. The van der Waals surface area contributed by atoms with E-state index in [4.69, 9.17) is 11.6 Å². The number of hydrogen-bond acceptors (Lipinski definition) is 2. The largest absolute Gasteiger partial charge is 0.304 e. The second-order valence-electron chi connectivity index (χ2n) is 3.69. The van der Waals surface area contributed by atoms with Gasteiger partial charge in [-0.3, -0.25) is 4.90 Å². The lowest BCUT2D eigenvalue weighted by molar-refractivity contribution is 0.101. The molecule has 0 aromatic carbocycles. The first-order chi connectivity index (χ1) is 5.74. The normalized spacial score (nSPS) is 27.8. The third-order valence-electron chi connectivity index (χ3n) is 2.55. The maximum Gasteiger partial charge on any atom is 0.0235 e. The molecule has 0 aromatic heterocycles. The van der Waals surface area contributed by atoms with Gasteiger partial charge < -0.3 is 4.90 Å². The molecule has 72 valence electrons. The average molecular weight is 191 g/mol. The summed E-state index contributed by atoms with van der Waals surface area (Å²) in [7, 11) is 2.19. The van der Waals surface area contributed by atoms with E-state index < -0.39 is 0 Å². The zero-order valence-electron chi connectivity index (χ0n) is 8.09. The van der Waals surface area contributed by atoms with Crippen LogP contribution in [-0.4, -0.2) is 54.9 Å². The minimum absolute atomic E-state index is 0.701. The summed E-state index contributed by atoms with van der Waals surface area (Å²) in [6.07, 6.45) is 1.12. The van der Waals surface area contributed by atoms with Crippen molar-refractivity contribution in [3.63, 3.8) is 0 Å². The van der Waals surface area contributed by atoms with E-state index >= 15 is 0 Å². The molecule has 0 radical (unpaired) electrons. The molecular formula is C9H19ClN2. The number of halogens is 1. The fourth-order valence-corrected chi connectivity index (χ4v) is 1.89. The van der Waals surface area contributed by atoms with Gasteiger partial charge in [0, 0.05) is 31.6 Å². The molecule has 1 saturated heterocycles. The number of hydrogen-bond donors (Lipinski definition) is 0. The highest BCUT2D eigenvalue weighted by atomic mass is 35.5. The third-order valence-corrected chi connectivity index (χ3v) is 2.81. The summed E-state index contributed by atoms with van der Waals surface area (Å²) < 4.78 is 0. The lowest BCUT2D eigenvalue weighted by Crippen LogP contribution is -2.50. The molecule has 0 unspecified atom stereocenters. The van der Waals surface area contributed by atoms with Gasteiger partial charge in [-0.25, -0.2) is 0 Å². The molecule has 0 spiro atoms. The van der Waals surface area contributed by atoms with Crippen molar-refractivity contribution in [2.45, 2.75) is 19.4 Å². The predicted molar refractivity (Wildman–Crippen MR) is 53.9 cm³/mol. The molecule has 1 rings (SSSR count). The van der Waals surface area contributed by atoms with Gasteiger partial charge in [0.25, 0.3) is 0 Å². The van der Waals surface area contributed by atoms with Crippen LogP contribution >= 0.6 is 11.6 Å². The summed E-state index contributed by atoms with van der Waals surface area (Å²) in [6, 6.07) is 0.701. The zero-order valence-corrected chi connectivity index (χ0v) is 8.85. The van der Waals surface area contributed by atoms with Crippen molar-refractivity contribution < 1.29 is 0 Å². The lowest BCUT2D eigenvalue weighted by atomic mass is 10.2. The SMILES string of the molecule is C[C@H]1CN(C)CCN1CCCCl. The first-order valence-electron chi connectivity index (χ1n) is 4.72. The molecule has 3 heteroatoms. The monoisotopic (exact) mass is 190 g/mol. The van der Waals surface area contributed by atoms with Gasteiger partial charge in [0.15, 0.2) is 0 Å². The van der Waals surface area contributed by atoms with E-state index in [0.29, 0.717) is 6.04 Å². The Kier molecular flexibility index (Phi) is 4.33. The Bertz CT molecular complexity index is 128. The summed E-state index contributed by atoms with van der Waals surface area (Å²) in [6.45, 7) is 7.06. The van der Waals surface area contributed by atoms with Gasteiger partial charge >= 0.3 is 0 Å². The zero-order chi connectivity index (χ0) is 8.97. The van der Waals surface area contributed by atoms with E-state index in [2.05, 4.69) is 23.8 Å². The molecule has 1 aliphatic rings. The van der Waals surface area contributed by atoms with Crippen LogP contribution in [0.3, 0.4) is 0 Å². The van der Waals surface area contributed by atoms with Crippen molar-refractivity contribution in [2.24, 2.45) is 0 Å². The van der Waals surface area contributed by atoms with E-state index in [1.54, 1.807) is 0 Å². The van der Waals surface area contributed by atoms with Gasteiger partial charge in [0.1, 0.15) is 0 Å². The summed E-state index contributed by atoms with van der Waals surface area (Å²) in [4.78, 5) is 4.92. The van der Waals surface area contributed by atoms with Crippen molar-refractivity contribution >= 4 is 11.6 Å². The molecule has 2 nitrogen and oxygen atoms in total. The van der Waals surface area contributed by atoms with Crippen LogP contribution in [0, 0.1) is 0 Å². The van der Waals surface area contributed by atoms with Crippen LogP contribution < -0.4 is 0 Å². The maximum absolute atomic E-state index is 5.66. The molecule has 1 aliphatic heterocycles. The van der Waals surface area contributed by atoms with Crippen LogP contribution in [-0.2, 0) is 0 Å². The van der Waals surface area contributed by atoms with Crippen LogP contribution in [0.1, 0.15) is 13.3 Å². The van der Waals surface area contributed by atoms with E-state index in [1.807, 2.05) is 0 Å². The summed E-state index contributed by atoms with van der Waals surface area (Å²) in [5.41, 5.74) is 0. The van der Waals surface area contributed by atoms with E-state index in [1.165, 1.54) is 26.2 Å². The second-order valence-corrected chi connectivity index (χ2v) is 4.07. The molecule has 0 aliphatic carbocycles. The molecule has 0 aromatic rings. The average Bonchev–Trinajstić information content (AvgIpc) is 2.03. The highest BCUT2D eigenvalue weighted by Gasteiger charge is 2.20. The molecule has 1 heterocycles. The van der Waals surface area contributed by atoms with Gasteiger partial charge in [0.05, 0.1) is 0 Å². The van der Waals surface area contributed by atoms with E-state index in [0.717, 1.165) is 12.3 Å². The maximum atomic E-state index is 5.66. The Morgan fingerprint density at radius 1 is 1.42 bits per heavy atom. The Balaban J connectivity index is 2.25. The predicted octanol–water partition coefficient (Wildman–Crippen LogP) is 1.25. The summed E-state index contributed by atoms with van der Waals surface area (Å²) in [5, 5.41) is 0. The smallest absolute Gasteiger partial charge is 0.0235 e. The van der Waals surface area contributed by atoms with Gasteiger partial charge in [-0.15, -0.1) is 11.6 Å².